The van der Waals surface area contributed by atoms with E-state index in [9.17, 15) is 0 Å². The minimum absolute atomic E-state index is 0.0943. The Labute approximate surface area is 286 Å². The fourth-order valence-corrected chi connectivity index (χ4v) is 8.30. The van der Waals surface area contributed by atoms with Gasteiger partial charge >= 0.3 is 0 Å². The van der Waals surface area contributed by atoms with Crippen molar-refractivity contribution >= 4 is 60.4 Å². The van der Waals surface area contributed by atoms with Gasteiger partial charge in [0.2, 0.25) is 0 Å². The van der Waals surface area contributed by atoms with E-state index in [0.717, 1.165) is 17.1 Å². The quantitative estimate of drug-likeness (QED) is 0.176. The van der Waals surface area contributed by atoms with Crippen molar-refractivity contribution < 1.29 is 0 Å². The topological polar surface area (TPSA) is 8.17 Å². The number of para-hydroxylation sites is 2. The first-order valence-corrected chi connectivity index (χ1v) is 17.1. The van der Waals surface area contributed by atoms with Gasteiger partial charge in [-0.1, -0.05) is 111 Å². The minimum atomic E-state index is -0.0943. The number of benzene rings is 8. The van der Waals surface area contributed by atoms with Gasteiger partial charge in [-0.2, -0.15) is 0 Å². The molecule has 0 atom stereocenters. The Bertz CT molecular complexity index is 2750. The maximum atomic E-state index is 2.45. The summed E-state index contributed by atoms with van der Waals surface area (Å²) >= 11 is 0. The molecule has 1 aromatic heterocycles. The highest BCUT2D eigenvalue weighted by Crippen LogP contribution is 2.51. The second-order valence-electron chi connectivity index (χ2n) is 13.9. The molecule has 8 aromatic carbocycles. The Morgan fingerprint density at radius 2 is 1.00 bits per heavy atom. The molecule has 0 N–H and O–H groups in total. The molecule has 0 fully saturated rings. The second-order valence-corrected chi connectivity index (χ2v) is 13.9. The monoisotopic (exact) mass is 626 g/mol. The average Bonchev–Trinajstić information content (AvgIpc) is 3.59. The second kappa shape index (κ2) is 10.4. The summed E-state index contributed by atoms with van der Waals surface area (Å²) in [6.45, 7) is 4.72. The highest BCUT2D eigenvalue weighted by molar-refractivity contribution is 6.11. The third-order valence-corrected chi connectivity index (χ3v) is 10.7. The molecule has 232 valence electrons. The summed E-state index contributed by atoms with van der Waals surface area (Å²) in [5, 5.41) is 7.48. The number of rotatable bonds is 4. The van der Waals surface area contributed by atoms with Crippen molar-refractivity contribution in [1.82, 2.24) is 4.57 Å². The van der Waals surface area contributed by atoms with E-state index in [1.807, 2.05) is 0 Å². The van der Waals surface area contributed by atoms with Crippen molar-refractivity contribution in [3.8, 4) is 16.8 Å². The molecule has 1 aliphatic rings. The molecule has 0 radical (unpaired) electrons. The third-order valence-electron chi connectivity index (χ3n) is 10.7. The summed E-state index contributed by atoms with van der Waals surface area (Å²) in [7, 11) is 0. The average molecular weight is 627 g/mol. The summed E-state index contributed by atoms with van der Waals surface area (Å²) in [4.78, 5) is 2.45. The fourth-order valence-electron chi connectivity index (χ4n) is 8.30. The molecule has 1 aliphatic carbocycles. The molecular formula is C47H34N2. The highest BCUT2D eigenvalue weighted by Gasteiger charge is 2.35. The Morgan fingerprint density at radius 1 is 0.408 bits per heavy atom. The lowest BCUT2D eigenvalue weighted by atomic mass is 9.82. The van der Waals surface area contributed by atoms with Crippen molar-refractivity contribution in [1.29, 1.82) is 0 Å². The summed E-state index contributed by atoms with van der Waals surface area (Å²) in [5.74, 6) is 0. The van der Waals surface area contributed by atoms with Crippen LogP contribution in [0.2, 0.25) is 0 Å². The van der Waals surface area contributed by atoms with Gasteiger partial charge in [0.15, 0.2) is 0 Å². The largest absolute Gasteiger partial charge is 0.310 e. The number of hydrogen-bond donors (Lipinski definition) is 0. The summed E-state index contributed by atoms with van der Waals surface area (Å²) < 4.78 is 2.38. The van der Waals surface area contributed by atoms with Crippen LogP contribution >= 0.6 is 0 Å². The maximum absolute atomic E-state index is 2.45. The maximum Gasteiger partial charge on any atom is 0.0542 e. The normalized spacial score (nSPS) is 13.3. The van der Waals surface area contributed by atoms with Crippen LogP contribution < -0.4 is 4.90 Å². The van der Waals surface area contributed by atoms with Crippen molar-refractivity contribution in [2.45, 2.75) is 19.3 Å². The van der Waals surface area contributed by atoms with Gasteiger partial charge in [-0.25, -0.2) is 0 Å². The molecule has 0 amide bonds. The van der Waals surface area contributed by atoms with Gasteiger partial charge in [-0.05, 0) is 117 Å². The number of hydrogen-bond acceptors (Lipinski definition) is 1. The molecular weight excluding hydrogens is 593 g/mol. The number of aromatic nitrogens is 1. The lowest BCUT2D eigenvalue weighted by molar-refractivity contribution is 0.660. The van der Waals surface area contributed by atoms with Crippen LogP contribution in [0.3, 0.4) is 0 Å². The van der Waals surface area contributed by atoms with Crippen molar-refractivity contribution in [3.05, 3.63) is 181 Å². The number of anilines is 3. The van der Waals surface area contributed by atoms with Crippen LogP contribution in [-0.2, 0) is 5.41 Å². The SMILES string of the molecule is CC1(C)c2ccccc2-c2ccc(N(c3ccc4cc5ccccc5cc4c3)c3ccc4c(c3)c3ccccc3n4-c3ccccc3)cc21. The molecule has 2 heteroatoms. The Kier molecular flexibility index (Phi) is 5.95. The first kappa shape index (κ1) is 27.9. The predicted molar refractivity (Wildman–Crippen MR) is 208 cm³/mol. The van der Waals surface area contributed by atoms with E-state index >= 15 is 0 Å². The molecule has 10 rings (SSSR count). The lowest BCUT2D eigenvalue weighted by Crippen LogP contribution is -2.16. The van der Waals surface area contributed by atoms with Crippen molar-refractivity contribution in [3.63, 3.8) is 0 Å². The zero-order valence-corrected chi connectivity index (χ0v) is 27.6. The van der Waals surface area contributed by atoms with Gasteiger partial charge in [0.1, 0.15) is 0 Å². The molecule has 0 bridgehead atoms. The lowest BCUT2D eigenvalue weighted by Gasteiger charge is -2.28. The van der Waals surface area contributed by atoms with E-state index in [4.69, 9.17) is 0 Å². The molecule has 1 heterocycles. The number of nitrogens with zero attached hydrogens (tertiary/aromatic N) is 2. The summed E-state index contributed by atoms with van der Waals surface area (Å²) in [6.07, 6.45) is 0. The molecule has 0 saturated heterocycles. The van der Waals surface area contributed by atoms with E-state index in [1.165, 1.54) is 71.3 Å². The van der Waals surface area contributed by atoms with Crippen molar-refractivity contribution in [2.24, 2.45) is 0 Å². The van der Waals surface area contributed by atoms with Gasteiger partial charge in [0, 0.05) is 38.9 Å². The van der Waals surface area contributed by atoms with Crippen LogP contribution in [0.15, 0.2) is 170 Å². The molecule has 0 unspecified atom stereocenters. The Morgan fingerprint density at radius 3 is 1.86 bits per heavy atom. The van der Waals surface area contributed by atoms with Gasteiger partial charge in [0.05, 0.1) is 11.0 Å². The van der Waals surface area contributed by atoms with Crippen LogP contribution in [0.4, 0.5) is 17.1 Å². The first-order valence-electron chi connectivity index (χ1n) is 17.1. The molecule has 2 nitrogen and oxygen atoms in total. The smallest absolute Gasteiger partial charge is 0.0542 e. The predicted octanol–water partition coefficient (Wildman–Crippen LogP) is 12.9. The molecule has 0 aliphatic heterocycles. The van der Waals surface area contributed by atoms with Gasteiger partial charge in [-0.3, -0.25) is 0 Å². The zero-order chi connectivity index (χ0) is 32.7. The molecule has 0 spiro atoms. The van der Waals surface area contributed by atoms with E-state index in [1.54, 1.807) is 0 Å². The fraction of sp³-hybridized carbons (Fsp3) is 0.0638. The van der Waals surface area contributed by atoms with Crippen molar-refractivity contribution in [2.75, 3.05) is 4.90 Å². The van der Waals surface area contributed by atoms with Crippen LogP contribution in [0.25, 0.3) is 60.2 Å². The van der Waals surface area contributed by atoms with Crippen LogP contribution in [0, 0.1) is 0 Å². The Hall–Kier alpha value is -6.12. The van der Waals surface area contributed by atoms with Gasteiger partial charge in [0.25, 0.3) is 0 Å². The Balaban J connectivity index is 1.22. The standard InChI is InChI=1S/C47H34N2/c1-47(2)43-18-10-8-16-39(43)40-24-22-38(30-44(40)47)48(36-21-20-33-26-31-12-6-7-13-32(31)27-34(33)28-36)37-23-25-46-42(29-37)41-17-9-11-19-45(41)49(46)35-14-4-3-5-15-35/h3-30H,1-2H3. The zero-order valence-electron chi connectivity index (χ0n) is 27.6. The van der Waals surface area contributed by atoms with Gasteiger partial charge < -0.3 is 9.47 Å². The van der Waals surface area contributed by atoms with Gasteiger partial charge in [-0.15, -0.1) is 0 Å². The van der Waals surface area contributed by atoms with Crippen LogP contribution in [0.1, 0.15) is 25.0 Å². The third kappa shape index (κ3) is 4.20. The van der Waals surface area contributed by atoms with Crippen LogP contribution in [-0.4, -0.2) is 4.57 Å². The summed E-state index contributed by atoms with van der Waals surface area (Å²) in [6, 6.07) is 62.5. The van der Waals surface area contributed by atoms with E-state index in [0.29, 0.717) is 0 Å². The highest BCUT2D eigenvalue weighted by atomic mass is 15.1. The summed E-state index contributed by atoms with van der Waals surface area (Å²) in [5.41, 5.74) is 12.3. The molecule has 49 heavy (non-hydrogen) atoms. The van der Waals surface area contributed by atoms with Crippen LogP contribution in [0.5, 0.6) is 0 Å². The first-order chi connectivity index (χ1) is 24.0. The van der Waals surface area contributed by atoms with E-state index in [-0.39, 0.29) is 5.41 Å². The number of fused-ring (bicyclic) bond motifs is 8. The van der Waals surface area contributed by atoms with E-state index < -0.39 is 0 Å². The molecule has 9 aromatic rings. The molecule has 0 saturated carbocycles. The minimum Gasteiger partial charge on any atom is -0.310 e. The van der Waals surface area contributed by atoms with E-state index in [2.05, 4.69) is 193 Å².